The molecule has 2 aliphatic heterocycles. The lowest BCUT2D eigenvalue weighted by molar-refractivity contribution is -0.389. The Kier molecular flexibility index (Phi) is 8.59. The third kappa shape index (κ3) is 6.02. The fourth-order valence-electron chi connectivity index (χ4n) is 6.19. The molecular weight excluding hydrogens is 590 g/mol. The molecule has 14 heteroatoms. The lowest BCUT2D eigenvalue weighted by atomic mass is 10.0. The second kappa shape index (κ2) is 12.7. The van der Waals surface area contributed by atoms with Crippen LogP contribution in [0.5, 0.6) is 11.6 Å². The molecule has 3 aromatic heterocycles. The van der Waals surface area contributed by atoms with Crippen molar-refractivity contribution in [2.75, 3.05) is 45.4 Å². The predicted molar refractivity (Wildman–Crippen MR) is 161 cm³/mol. The van der Waals surface area contributed by atoms with Crippen molar-refractivity contribution in [3.05, 3.63) is 92.0 Å². The predicted octanol–water partition coefficient (Wildman–Crippen LogP) is 4.24. The fraction of sp³-hybridized carbons (Fsp3) is 0.387. The van der Waals surface area contributed by atoms with E-state index in [2.05, 4.69) is 19.8 Å². The van der Waals surface area contributed by atoms with Crippen LogP contribution in [-0.4, -0.2) is 70.9 Å². The Labute approximate surface area is 256 Å². The molecule has 0 spiro atoms. The molecule has 0 bridgehead atoms. The summed E-state index contributed by atoms with van der Waals surface area (Å²) in [4.78, 5) is 37.0. The van der Waals surface area contributed by atoms with Crippen LogP contribution in [0, 0.1) is 21.7 Å². The van der Waals surface area contributed by atoms with E-state index in [1.54, 1.807) is 37.2 Å². The normalized spacial score (nSPS) is 17.8. The molecule has 0 N–H and O–H groups in total. The van der Waals surface area contributed by atoms with Gasteiger partial charge in [-0.05, 0) is 46.5 Å². The van der Waals surface area contributed by atoms with Crippen LogP contribution >= 0.6 is 0 Å². The quantitative estimate of drug-likeness (QED) is 0.187. The minimum atomic E-state index is -1.15. The molecule has 1 saturated heterocycles. The smallest absolute Gasteiger partial charge is 0.363 e. The van der Waals surface area contributed by atoms with E-state index in [1.165, 1.54) is 12.3 Å². The number of hydrogen-bond acceptors (Lipinski definition) is 10. The Hall–Kier alpha value is -4.69. The van der Waals surface area contributed by atoms with Gasteiger partial charge in [-0.1, -0.05) is 0 Å². The number of benzene rings is 1. The van der Waals surface area contributed by atoms with Crippen LogP contribution in [-0.2, 0) is 17.8 Å². The maximum atomic E-state index is 14.8. The number of ether oxygens (including phenoxy) is 3. The van der Waals surface area contributed by atoms with Gasteiger partial charge < -0.3 is 33.8 Å². The van der Waals surface area contributed by atoms with Crippen LogP contribution in [0.25, 0.3) is 10.9 Å². The first-order chi connectivity index (χ1) is 21.8. The van der Waals surface area contributed by atoms with Crippen molar-refractivity contribution < 1.29 is 27.9 Å². The molecule has 4 aromatic rings. The number of hydrogen-bond donors (Lipinski definition) is 0. The van der Waals surface area contributed by atoms with Gasteiger partial charge >= 0.3 is 5.82 Å². The standard InChI is InChI=1S/C31H32F2N6O6/c1-43-17-23-18-45-31-28(33)25(32)11-24-29(31)38(23)15-20(30(24)40)14-37(13-19-7-8-34-27(10-19)44-2)22-4-3-9-36(16-22)21-5-6-26(35-12-21)39(41)42/h5-8,10-12,15,22-23H,3-4,9,13-14,16-18H2,1-2H3/t22-,23?/m0/s1. The topological polar surface area (TPSA) is 125 Å². The molecule has 5 heterocycles. The van der Waals surface area contributed by atoms with Crippen molar-refractivity contribution in [1.29, 1.82) is 0 Å². The Morgan fingerprint density at radius 1 is 1.18 bits per heavy atom. The van der Waals surface area contributed by atoms with Gasteiger partial charge in [0, 0.05) is 69.4 Å². The number of nitro groups is 1. The molecule has 0 saturated carbocycles. The molecule has 236 valence electrons. The van der Waals surface area contributed by atoms with Gasteiger partial charge in [-0.15, -0.1) is 0 Å². The van der Waals surface area contributed by atoms with E-state index in [9.17, 15) is 23.7 Å². The Morgan fingerprint density at radius 3 is 2.76 bits per heavy atom. The molecule has 6 rings (SSSR count). The number of anilines is 1. The Bertz CT molecular complexity index is 1790. The summed E-state index contributed by atoms with van der Waals surface area (Å²) in [7, 11) is 3.08. The zero-order valence-electron chi connectivity index (χ0n) is 24.8. The van der Waals surface area contributed by atoms with E-state index >= 15 is 0 Å². The summed E-state index contributed by atoms with van der Waals surface area (Å²) >= 11 is 0. The number of nitrogens with zero attached hydrogens (tertiary/aromatic N) is 6. The molecule has 0 amide bonds. The van der Waals surface area contributed by atoms with Crippen molar-refractivity contribution in [2.45, 2.75) is 38.0 Å². The Morgan fingerprint density at radius 2 is 2.02 bits per heavy atom. The summed E-state index contributed by atoms with van der Waals surface area (Å²) in [5, 5.41) is 11.2. The number of methoxy groups -OCH3 is 2. The summed E-state index contributed by atoms with van der Waals surface area (Å²) in [5.41, 5.74) is 1.89. The van der Waals surface area contributed by atoms with Crippen LogP contribution in [0.15, 0.2) is 53.7 Å². The van der Waals surface area contributed by atoms with Crippen LogP contribution < -0.4 is 19.8 Å². The molecule has 0 radical (unpaired) electrons. The lowest BCUT2D eigenvalue weighted by Gasteiger charge is -2.40. The lowest BCUT2D eigenvalue weighted by Crippen LogP contribution is -2.48. The maximum absolute atomic E-state index is 14.8. The number of aromatic nitrogens is 3. The first-order valence-electron chi connectivity index (χ1n) is 14.5. The largest absolute Gasteiger partial charge is 0.486 e. The Balaban J connectivity index is 1.39. The molecule has 2 aliphatic rings. The third-order valence-electron chi connectivity index (χ3n) is 8.38. The molecule has 1 fully saturated rings. The minimum Gasteiger partial charge on any atom is -0.486 e. The summed E-state index contributed by atoms with van der Waals surface area (Å²) < 4.78 is 47.5. The van der Waals surface area contributed by atoms with Gasteiger partial charge in [0.15, 0.2) is 23.2 Å². The summed E-state index contributed by atoms with van der Waals surface area (Å²) in [6.45, 7) is 2.28. The van der Waals surface area contributed by atoms with Gasteiger partial charge in [-0.3, -0.25) is 9.69 Å². The van der Waals surface area contributed by atoms with Crippen LogP contribution in [0.3, 0.4) is 0 Å². The van der Waals surface area contributed by atoms with E-state index in [4.69, 9.17) is 14.2 Å². The minimum absolute atomic E-state index is 0.0370. The fourth-order valence-corrected chi connectivity index (χ4v) is 6.19. The van der Waals surface area contributed by atoms with Gasteiger partial charge in [0.1, 0.15) is 6.61 Å². The molecule has 0 aliphatic carbocycles. The van der Waals surface area contributed by atoms with Crippen LogP contribution in [0.1, 0.15) is 30.0 Å². The van der Waals surface area contributed by atoms with E-state index in [-0.39, 0.29) is 54.3 Å². The number of halogens is 2. The molecule has 1 unspecified atom stereocenters. The van der Waals surface area contributed by atoms with Gasteiger partial charge in [-0.25, -0.2) is 9.37 Å². The summed E-state index contributed by atoms with van der Waals surface area (Å²) in [6.07, 6.45) is 6.53. The van der Waals surface area contributed by atoms with Crippen molar-refractivity contribution in [3.8, 4) is 11.6 Å². The third-order valence-corrected chi connectivity index (χ3v) is 8.38. The van der Waals surface area contributed by atoms with Gasteiger partial charge in [0.25, 0.3) is 0 Å². The maximum Gasteiger partial charge on any atom is 0.363 e. The van der Waals surface area contributed by atoms with Gasteiger partial charge in [0.05, 0.1) is 36.3 Å². The first kappa shape index (κ1) is 30.3. The van der Waals surface area contributed by atoms with E-state index in [1.807, 2.05) is 12.1 Å². The highest BCUT2D eigenvalue weighted by atomic mass is 19.2. The van der Waals surface area contributed by atoms with Gasteiger partial charge in [0.2, 0.25) is 11.7 Å². The van der Waals surface area contributed by atoms with E-state index in [0.717, 1.165) is 36.7 Å². The highest BCUT2D eigenvalue weighted by Crippen LogP contribution is 2.36. The van der Waals surface area contributed by atoms with Gasteiger partial charge in [-0.2, -0.15) is 4.39 Å². The molecule has 12 nitrogen and oxygen atoms in total. The molecule has 45 heavy (non-hydrogen) atoms. The zero-order chi connectivity index (χ0) is 31.7. The molecule has 2 atom stereocenters. The van der Waals surface area contributed by atoms with Crippen molar-refractivity contribution in [2.24, 2.45) is 0 Å². The zero-order valence-corrected chi connectivity index (χ0v) is 24.8. The monoisotopic (exact) mass is 622 g/mol. The van der Waals surface area contributed by atoms with Crippen molar-refractivity contribution in [1.82, 2.24) is 19.4 Å². The highest BCUT2D eigenvalue weighted by molar-refractivity contribution is 5.86. The van der Waals surface area contributed by atoms with Crippen LogP contribution in [0.2, 0.25) is 0 Å². The number of pyridine rings is 3. The SMILES string of the molecule is COCC1COc2c(F)c(F)cc3c(=O)c(CN(Cc4ccnc(OC)c4)[C@H]4CCCN(c5ccc([N+](=O)[O-])nc5)C4)cn1c23. The second-order valence-electron chi connectivity index (χ2n) is 11.2. The van der Waals surface area contributed by atoms with E-state index in [0.29, 0.717) is 24.5 Å². The second-order valence-corrected chi connectivity index (χ2v) is 11.2. The first-order valence-corrected chi connectivity index (χ1v) is 14.5. The van der Waals surface area contributed by atoms with Crippen molar-refractivity contribution >= 4 is 22.4 Å². The molecule has 1 aromatic carbocycles. The summed E-state index contributed by atoms with van der Waals surface area (Å²) in [5.74, 6) is -2.32. The van der Waals surface area contributed by atoms with Crippen LogP contribution in [0.4, 0.5) is 20.3 Å². The average molecular weight is 623 g/mol. The number of piperidine rings is 1. The molecular formula is C31H32F2N6O6. The number of rotatable bonds is 10. The summed E-state index contributed by atoms with van der Waals surface area (Å²) in [6, 6.07) is 7.34. The average Bonchev–Trinajstić information content (AvgIpc) is 3.06. The highest BCUT2D eigenvalue weighted by Gasteiger charge is 2.31. The van der Waals surface area contributed by atoms with Crippen molar-refractivity contribution in [3.63, 3.8) is 0 Å². The van der Waals surface area contributed by atoms with E-state index < -0.39 is 22.0 Å².